The van der Waals surface area contributed by atoms with Crippen molar-refractivity contribution in [3.63, 3.8) is 0 Å². The summed E-state index contributed by atoms with van der Waals surface area (Å²) in [6.45, 7) is 0. The first-order valence-corrected chi connectivity index (χ1v) is 7.99. The van der Waals surface area contributed by atoms with Crippen LogP contribution in [0.5, 0.6) is 5.75 Å². The molecule has 0 amide bonds. The molecule has 2 aromatic rings. The maximum atomic E-state index is 12.3. The highest BCUT2D eigenvalue weighted by atomic mass is 35.5. The molecule has 2 rings (SSSR count). The number of anilines is 2. The van der Waals surface area contributed by atoms with Crippen molar-refractivity contribution in [3.8, 4) is 5.75 Å². The van der Waals surface area contributed by atoms with Crippen LogP contribution in [0.3, 0.4) is 0 Å². The van der Waals surface area contributed by atoms with E-state index in [1.165, 1.54) is 43.5 Å². The van der Waals surface area contributed by atoms with E-state index in [0.29, 0.717) is 22.1 Å². The van der Waals surface area contributed by atoms with Gasteiger partial charge in [-0.05, 0) is 30.3 Å². The molecule has 0 fully saturated rings. The average molecular weight is 347 g/mol. The molecule has 0 unspecified atom stereocenters. The van der Waals surface area contributed by atoms with E-state index >= 15 is 0 Å². The van der Waals surface area contributed by atoms with Crippen molar-refractivity contribution in [3.05, 3.63) is 46.4 Å². The second-order valence-electron chi connectivity index (χ2n) is 4.14. The van der Waals surface area contributed by atoms with Gasteiger partial charge in [-0.25, -0.2) is 8.42 Å². The summed E-state index contributed by atoms with van der Waals surface area (Å²) >= 11 is 11.8. The fourth-order valence-electron chi connectivity index (χ4n) is 1.66. The van der Waals surface area contributed by atoms with Crippen LogP contribution in [0.1, 0.15) is 0 Å². The smallest absolute Gasteiger partial charge is 0.263 e. The number of halogens is 2. The predicted molar refractivity (Wildman–Crippen MR) is 84.7 cm³/mol. The summed E-state index contributed by atoms with van der Waals surface area (Å²) < 4.78 is 32.1. The summed E-state index contributed by atoms with van der Waals surface area (Å²) in [6, 6.07) is 8.75. The van der Waals surface area contributed by atoms with Crippen LogP contribution in [0.25, 0.3) is 0 Å². The van der Waals surface area contributed by atoms with E-state index in [1.54, 1.807) is 0 Å². The minimum atomic E-state index is -3.86. The summed E-state index contributed by atoms with van der Waals surface area (Å²) in [5, 5.41) is 0.458. The maximum Gasteiger partial charge on any atom is 0.263 e. The van der Waals surface area contributed by atoms with Gasteiger partial charge in [0.1, 0.15) is 10.6 Å². The molecule has 0 aromatic heterocycles. The summed E-state index contributed by atoms with van der Waals surface area (Å²) in [5.74, 6) is 0.357. The number of ether oxygens (including phenoxy) is 1. The molecule has 0 spiro atoms. The monoisotopic (exact) mass is 346 g/mol. The number of nitrogens with one attached hydrogen (secondary N) is 1. The molecule has 0 bridgehead atoms. The van der Waals surface area contributed by atoms with Crippen LogP contribution in [0.15, 0.2) is 41.3 Å². The van der Waals surface area contributed by atoms with Gasteiger partial charge in [-0.1, -0.05) is 23.2 Å². The molecule has 0 aliphatic carbocycles. The highest BCUT2D eigenvalue weighted by molar-refractivity contribution is 7.92. The minimum Gasteiger partial charge on any atom is -0.495 e. The van der Waals surface area contributed by atoms with Gasteiger partial charge < -0.3 is 10.5 Å². The van der Waals surface area contributed by atoms with Gasteiger partial charge >= 0.3 is 0 Å². The minimum absolute atomic E-state index is 0.0811. The van der Waals surface area contributed by atoms with E-state index in [4.69, 9.17) is 33.7 Å². The Bertz CT molecular complexity index is 779. The van der Waals surface area contributed by atoms with Crippen LogP contribution in [-0.4, -0.2) is 15.5 Å². The Balaban J connectivity index is 2.40. The van der Waals surface area contributed by atoms with Crippen LogP contribution in [0, 0.1) is 0 Å². The average Bonchev–Trinajstić information content (AvgIpc) is 2.43. The molecule has 8 heteroatoms. The predicted octanol–water partition coefficient (Wildman–Crippen LogP) is 3.39. The molecule has 112 valence electrons. The van der Waals surface area contributed by atoms with Crippen LogP contribution in [0.4, 0.5) is 11.4 Å². The first-order valence-electron chi connectivity index (χ1n) is 5.75. The fourth-order valence-corrected chi connectivity index (χ4v) is 3.44. The number of nitrogen functional groups attached to an aromatic ring is 1. The largest absolute Gasteiger partial charge is 0.495 e. The van der Waals surface area contributed by atoms with Gasteiger partial charge in [0.05, 0.1) is 22.8 Å². The topological polar surface area (TPSA) is 81.4 Å². The van der Waals surface area contributed by atoms with Crippen molar-refractivity contribution in [2.75, 3.05) is 17.6 Å². The van der Waals surface area contributed by atoms with Crippen LogP contribution in [-0.2, 0) is 10.0 Å². The molecule has 0 saturated carbocycles. The van der Waals surface area contributed by atoms with Crippen molar-refractivity contribution in [1.29, 1.82) is 0 Å². The van der Waals surface area contributed by atoms with Crippen molar-refractivity contribution < 1.29 is 13.2 Å². The van der Waals surface area contributed by atoms with Gasteiger partial charge in [0, 0.05) is 11.8 Å². The first kappa shape index (κ1) is 15.8. The Morgan fingerprint density at radius 3 is 2.43 bits per heavy atom. The SMILES string of the molecule is COc1cc(NS(=O)(=O)c2cc(N)ccc2Cl)ccc1Cl. The van der Waals surface area contributed by atoms with Gasteiger partial charge in [-0.2, -0.15) is 0 Å². The van der Waals surface area contributed by atoms with Gasteiger partial charge in [0.25, 0.3) is 10.0 Å². The van der Waals surface area contributed by atoms with E-state index in [2.05, 4.69) is 4.72 Å². The third kappa shape index (κ3) is 3.53. The van der Waals surface area contributed by atoms with Crippen LogP contribution < -0.4 is 15.2 Å². The molecule has 0 atom stereocenters. The number of methoxy groups -OCH3 is 1. The second-order valence-corrected chi connectivity index (χ2v) is 6.61. The maximum absolute atomic E-state index is 12.3. The molecular formula is C13H12Cl2N2O3S. The van der Waals surface area contributed by atoms with E-state index in [-0.39, 0.29) is 9.92 Å². The third-order valence-corrected chi connectivity index (χ3v) is 4.82. The van der Waals surface area contributed by atoms with Crippen LogP contribution >= 0.6 is 23.2 Å². The lowest BCUT2D eigenvalue weighted by molar-refractivity contribution is 0.415. The van der Waals surface area contributed by atoms with Crippen molar-refractivity contribution in [1.82, 2.24) is 0 Å². The highest BCUT2D eigenvalue weighted by Crippen LogP contribution is 2.30. The lowest BCUT2D eigenvalue weighted by Crippen LogP contribution is -2.14. The number of sulfonamides is 1. The summed E-state index contributed by atoms with van der Waals surface area (Å²) in [6.07, 6.45) is 0. The molecular weight excluding hydrogens is 335 g/mol. The van der Waals surface area contributed by atoms with Gasteiger partial charge in [-0.15, -0.1) is 0 Å². The highest BCUT2D eigenvalue weighted by Gasteiger charge is 2.19. The number of benzene rings is 2. The molecule has 0 aliphatic heterocycles. The summed E-state index contributed by atoms with van der Waals surface area (Å²) in [7, 11) is -2.43. The molecule has 3 N–H and O–H groups in total. The second kappa shape index (κ2) is 6.01. The molecule has 0 aliphatic rings. The zero-order chi connectivity index (χ0) is 15.6. The van der Waals surface area contributed by atoms with E-state index < -0.39 is 10.0 Å². The molecule has 0 radical (unpaired) electrons. The first-order chi connectivity index (χ1) is 9.83. The van der Waals surface area contributed by atoms with E-state index in [1.807, 2.05) is 0 Å². The van der Waals surface area contributed by atoms with Gasteiger partial charge in [0.2, 0.25) is 0 Å². The molecule has 5 nitrogen and oxygen atoms in total. The molecule has 0 heterocycles. The Labute approximate surface area is 132 Å². The summed E-state index contributed by atoms with van der Waals surface area (Å²) in [4.78, 5) is -0.0990. The van der Waals surface area contributed by atoms with E-state index in [9.17, 15) is 8.42 Å². The Hall–Kier alpha value is -1.63. The number of rotatable bonds is 4. The quantitative estimate of drug-likeness (QED) is 0.831. The van der Waals surface area contributed by atoms with Crippen molar-refractivity contribution in [2.24, 2.45) is 0 Å². The number of hydrogen-bond donors (Lipinski definition) is 2. The number of hydrogen-bond acceptors (Lipinski definition) is 4. The zero-order valence-electron chi connectivity index (χ0n) is 10.9. The normalized spacial score (nSPS) is 11.2. The van der Waals surface area contributed by atoms with Crippen molar-refractivity contribution >= 4 is 44.6 Å². The summed E-state index contributed by atoms with van der Waals surface area (Å²) in [5.41, 5.74) is 6.19. The molecule has 0 saturated heterocycles. The van der Waals surface area contributed by atoms with E-state index in [0.717, 1.165) is 0 Å². The standard InChI is InChI=1S/C13H12Cl2N2O3S/c1-20-12-7-9(3-5-10(12)14)17-21(18,19)13-6-8(16)2-4-11(13)15/h2-7,17H,16H2,1H3. The van der Waals surface area contributed by atoms with Gasteiger partial charge in [-0.3, -0.25) is 4.72 Å². The lowest BCUT2D eigenvalue weighted by Gasteiger charge is -2.11. The van der Waals surface area contributed by atoms with Crippen LogP contribution in [0.2, 0.25) is 10.0 Å². The fraction of sp³-hybridized carbons (Fsp3) is 0.0769. The third-order valence-electron chi connectivity index (χ3n) is 2.65. The Morgan fingerprint density at radius 1 is 1.10 bits per heavy atom. The molecule has 2 aromatic carbocycles. The van der Waals surface area contributed by atoms with Gasteiger partial charge in [0.15, 0.2) is 0 Å². The molecule has 21 heavy (non-hydrogen) atoms. The Kier molecular flexibility index (Phi) is 4.51. The number of nitrogens with two attached hydrogens (primary N) is 1. The van der Waals surface area contributed by atoms with Crippen molar-refractivity contribution in [2.45, 2.75) is 4.90 Å². The lowest BCUT2D eigenvalue weighted by atomic mass is 10.3. The Morgan fingerprint density at radius 2 is 1.76 bits per heavy atom. The zero-order valence-corrected chi connectivity index (χ0v) is 13.3.